The third-order valence-corrected chi connectivity index (χ3v) is 6.24. The summed E-state index contributed by atoms with van der Waals surface area (Å²) in [5.74, 6) is 0.720. The van der Waals surface area contributed by atoms with Gasteiger partial charge in [-0.25, -0.2) is 8.42 Å². The number of hydrogen-bond donors (Lipinski definition) is 1. The van der Waals surface area contributed by atoms with E-state index in [1.165, 1.54) is 0 Å². The van der Waals surface area contributed by atoms with Crippen LogP contribution in [0.25, 0.3) is 0 Å². The molecule has 0 heterocycles. The quantitative estimate of drug-likeness (QED) is 0.929. The highest BCUT2D eigenvalue weighted by Crippen LogP contribution is 2.29. The predicted molar refractivity (Wildman–Crippen MR) is 82.4 cm³/mol. The molecular formula is C15H24N2O2S. The number of rotatable bonds is 4. The Morgan fingerprint density at radius 1 is 1.10 bits per heavy atom. The number of anilines is 1. The molecule has 20 heavy (non-hydrogen) atoms. The first-order chi connectivity index (χ1) is 9.45. The van der Waals surface area contributed by atoms with Gasteiger partial charge in [0.2, 0.25) is 10.0 Å². The van der Waals surface area contributed by atoms with E-state index in [9.17, 15) is 8.42 Å². The van der Waals surface area contributed by atoms with Crippen LogP contribution in [0.15, 0.2) is 29.2 Å². The van der Waals surface area contributed by atoms with E-state index >= 15 is 0 Å². The van der Waals surface area contributed by atoms with Crippen molar-refractivity contribution in [3.05, 3.63) is 24.3 Å². The molecule has 1 fully saturated rings. The first-order valence-corrected chi connectivity index (χ1v) is 8.65. The Hall–Kier alpha value is -1.07. The van der Waals surface area contributed by atoms with Crippen molar-refractivity contribution >= 4 is 15.7 Å². The maximum atomic E-state index is 12.6. The number of hydrogen-bond acceptors (Lipinski definition) is 3. The second-order valence-electron chi connectivity index (χ2n) is 5.71. The van der Waals surface area contributed by atoms with Gasteiger partial charge in [-0.2, -0.15) is 4.31 Å². The van der Waals surface area contributed by atoms with Gasteiger partial charge >= 0.3 is 0 Å². The Bertz CT molecular complexity index is 531. The van der Waals surface area contributed by atoms with Crippen molar-refractivity contribution < 1.29 is 8.42 Å². The van der Waals surface area contributed by atoms with Crippen LogP contribution in [0.1, 0.15) is 32.6 Å². The van der Waals surface area contributed by atoms with Gasteiger partial charge in [0, 0.05) is 25.8 Å². The van der Waals surface area contributed by atoms with Crippen LogP contribution < -0.4 is 5.32 Å². The molecule has 1 N–H and O–H groups in total. The molecule has 0 unspecified atom stereocenters. The van der Waals surface area contributed by atoms with E-state index in [2.05, 4.69) is 12.2 Å². The van der Waals surface area contributed by atoms with E-state index in [0.29, 0.717) is 4.90 Å². The highest BCUT2D eigenvalue weighted by Gasteiger charge is 2.30. The molecule has 0 bridgehead atoms. The van der Waals surface area contributed by atoms with Gasteiger partial charge in [-0.1, -0.05) is 6.92 Å². The lowest BCUT2D eigenvalue weighted by molar-refractivity contribution is 0.246. The predicted octanol–water partition coefficient (Wildman–Crippen LogP) is 2.93. The van der Waals surface area contributed by atoms with Crippen molar-refractivity contribution in [3.8, 4) is 0 Å². The van der Waals surface area contributed by atoms with Gasteiger partial charge < -0.3 is 5.32 Å². The van der Waals surface area contributed by atoms with Crippen LogP contribution in [0.3, 0.4) is 0 Å². The maximum Gasteiger partial charge on any atom is 0.243 e. The Kier molecular flexibility index (Phi) is 4.70. The second-order valence-corrected chi connectivity index (χ2v) is 7.71. The van der Waals surface area contributed by atoms with Crippen LogP contribution >= 0.6 is 0 Å². The van der Waals surface area contributed by atoms with Crippen LogP contribution in [-0.4, -0.2) is 32.9 Å². The first-order valence-electron chi connectivity index (χ1n) is 7.21. The van der Waals surface area contributed by atoms with Crippen LogP contribution in [-0.2, 0) is 10.0 Å². The fraction of sp³-hybridized carbons (Fsp3) is 0.600. The minimum atomic E-state index is -3.38. The molecule has 0 saturated heterocycles. The summed E-state index contributed by atoms with van der Waals surface area (Å²) in [5.41, 5.74) is 0.915. The van der Waals surface area contributed by atoms with Crippen molar-refractivity contribution in [3.63, 3.8) is 0 Å². The smallest absolute Gasteiger partial charge is 0.243 e. The van der Waals surface area contributed by atoms with Crippen LogP contribution in [0.4, 0.5) is 5.69 Å². The summed E-state index contributed by atoms with van der Waals surface area (Å²) in [7, 11) is 0.153. The summed E-state index contributed by atoms with van der Waals surface area (Å²) < 4.78 is 26.8. The summed E-state index contributed by atoms with van der Waals surface area (Å²) >= 11 is 0. The second kappa shape index (κ2) is 6.14. The highest BCUT2D eigenvalue weighted by molar-refractivity contribution is 7.89. The molecule has 1 aromatic carbocycles. The van der Waals surface area contributed by atoms with Gasteiger partial charge in [0.05, 0.1) is 4.90 Å². The van der Waals surface area contributed by atoms with Crippen molar-refractivity contribution in [2.24, 2.45) is 5.92 Å². The Balaban J connectivity index is 2.16. The zero-order valence-corrected chi connectivity index (χ0v) is 13.3. The molecule has 1 aliphatic carbocycles. The first kappa shape index (κ1) is 15.3. The third kappa shape index (κ3) is 3.15. The summed E-state index contributed by atoms with van der Waals surface area (Å²) in [6, 6.07) is 7.07. The van der Waals surface area contributed by atoms with Gasteiger partial charge in [0.25, 0.3) is 0 Å². The third-order valence-electron chi connectivity index (χ3n) is 4.32. The molecular weight excluding hydrogens is 272 g/mol. The normalized spacial score (nSPS) is 23.8. The van der Waals surface area contributed by atoms with E-state index in [1.807, 2.05) is 7.05 Å². The van der Waals surface area contributed by atoms with Crippen molar-refractivity contribution in [1.29, 1.82) is 0 Å². The lowest BCUT2D eigenvalue weighted by Gasteiger charge is -2.32. The van der Waals surface area contributed by atoms with Gasteiger partial charge in [0.15, 0.2) is 0 Å². The number of benzene rings is 1. The molecule has 2 rings (SSSR count). The minimum Gasteiger partial charge on any atom is -0.388 e. The molecule has 4 nitrogen and oxygen atoms in total. The lowest BCUT2D eigenvalue weighted by Crippen LogP contribution is -2.39. The SMILES string of the molecule is CNc1ccc(S(=O)(=O)N(C)C2CCC(C)CC2)cc1. The molecule has 0 atom stereocenters. The van der Waals surface area contributed by atoms with Crippen LogP contribution in [0.2, 0.25) is 0 Å². The van der Waals surface area contributed by atoms with E-state index in [0.717, 1.165) is 37.3 Å². The minimum absolute atomic E-state index is 0.139. The average molecular weight is 296 g/mol. The molecule has 1 aromatic rings. The molecule has 1 saturated carbocycles. The average Bonchev–Trinajstić information content (AvgIpc) is 2.47. The Morgan fingerprint density at radius 2 is 1.65 bits per heavy atom. The summed E-state index contributed by atoms with van der Waals surface area (Å²) in [6.07, 6.45) is 4.16. The van der Waals surface area contributed by atoms with E-state index < -0.39 is 10.0 Å². The summed E-state index contributed by atoms with van der Waals surface area (Å²) in [4.78, 5) is 0.373. The van der Waals surface area contributed by atoms with E-state index in [-0.39, 0.29) is 6.04 Å². The molecule has 112 valence electrons. The number of nitrogens with zero attached hydrogens (tertiary/aromatic N) is 1. The van der Waals surface area contributed by atoms with Gasteiger partial charge in [-0.15, -0.1) is 0 Å². The molecule has 0 spiro atoms. The fourth-order valence-electron chi connectivity index (χ4n) is 2.76. The van der Waals surface area contributed by atoms with Crippen molar-refractivity contribution in [2.75, 3.05) is 19.4 Å². The topological polar surface area (TPSA) is 49.4 Å². The van der Waals surface area contributed by atoms with Crippen molar-refractivity contribution in [2.45, 2.75) is 43.5 Å². The zero-order valence-electron chi connectivity index (χ0n) is 12.5. The maximum absolute atomic E-state index is 12.6. The Morgan fingerprint density at radius 3 is 2.15 bits per heavy atom. The number of nitrogens with one attached hydrogen (secondary N) is 1. The molecule has 1 aliphatic rings. The van der Waals surface area contributed by atoms with Gasteiger partial charge in [-0.3, -0.25) is 0 Å². The standard InChI is InChI=1S/C15H24N2O2S/c1-12-4-8-14(9-5-12)17(3)20(18,19)15-10-6-13(16-2)7-11-15/h6-7,10-12,14,16H,4-5,8-9H2,1-3H3. The summed E-state index contributed by atoms with van der Waals surface area (Å²) in [6.45, 7) is 2.24. The van der Waals surface area contributed by atoms with Crippen LogP contribution in [0, 0.1) is 5.92 Å². The Labute approximate surface area is 122 Å². The van der Waals surface area contributed by atoms with Gasteiger partial charge in [0.1, 0.15) is 0 Å². The molecule has 0 aliphatic heterocycles. The molecule has 0 amide bonds. The highest BCUT2D eigenvalue weighted by atomic mass is 32.2. The summed E-state index contributed by atoms with van der Waals surface area (Å²) in [5, 5.41) is 2.99. The van der Waals surface area contributed by atoms with Crippen LogP contribution in [0.5, 0.6) is 0 Å². The van der Waals surface area contributed by atoms with E-state index in [4.69, 9.17) is 0 Å². The zero-order chi connectivity index (χ0) is 14.8. The fourth-order valence-corrected chi connectivity index (χ4v) is 4.18. The molecule has 0 radical (unpaired) electrons. The lowest BCUT2D eigenvalue weighted by atomic mass is 9.87. The molecule has 5 heteroatoms. The monoisotopic (exact) mass is 296 g/mol. The molecule has 0 aromatic heterocycles. The van der Waals surface area contributed by atoms with Crippen molar-refractivity contribution in [1.82, 2.24) is 4.31 Å². The van der Waals surface area contributed by atoms with E-state index in [1.54, 1.807) is 35.6 Å². The largest absolute Gasteiger partial charge is 0.388 e. The number of sulfonamides is 1. The van der Waals surface area contributed by atoms with Gasteiger partial charge in [-0.05, 0) is 55.9 Å².